The molecule has 1 aromatic heterocycles. The van der Waals surface area contributed by atoms with E-state index in [0.717, 1.165) is 49.7 Å². The number of aromatic nitrogens is 2. The van der Waals surface area contributed by atoms with Gasteiger partial charge in [-0.1, -0.05) is 6.92 Å². The summed E-state index contributed by atoms with van der Waals surface area (Å²) in [5.41, 5.74) is 1.03. The predicted octanol–water partition coefficient (Wildman–Crippen LogP) is 1.77. The Balaban J connectivity index is 1.81. The summed E-state index contributed by atoms with van der Waals surface area (Å²) in [4.78, 5) is 22.5. The van der Waals surface area contributed by atoms with Crippen LogP contribution in [0.1, 0.15) is 37.7 Å². The quantitative estimate of drug-likeness (QED) is 0.878. The molecule has 1 aliphatic rings. The maximum Gasteiger partial charge on any atom is 0.224 e. The molecule has 1 aliphatic heterocycles. The SMILES string of the molecule is CCc1cc(NCCC(=O)N2CCCC2)nc(C)n1. The Morgan fingerprint density at radius 3 is 2.79 bits per heavy atom. The normalized spacial score (nSPS) is 14.7. The lowest BCUT2D eigenvalue weighted by atomic mass is 10.3. The molecule has 1 saturated heterocycles. The second-order valence-corrected chi connectivity index (χ2v) is 4.91. The average molecular weight is 262 g/mol. The number of aryl methyl sites for hydroxylation is 2. The molecular formula is C14H22N4O. The van der Waals surface area contributed by atoms with E-state index in [-0.39, 0.29) is 5.91 Å². The fourth-order valence-corrected chi connectivity index (χ4v) is 2.32. The maximum absolute atomic E-state index is 11.9. The van der Waals surface area contributed by atoms with Crippen molar-refractivity contribution in [3.05, 3.63) is 17.6 Å². The molecule has 19 heavy (non-hydrogen) atoms. The third-order valence-electron chi connectivity index (χ3n) is 3.36. The zero-order valence-electron chi connectivity index (χ0n) is 11.8. The summed E-state index contributed by atoms with van der Waals surface area (Å²) in [6.07, 6.45) is 3.71. The molecule has 0 spiro atoms. The highest BCUT2D eigenvalue weighted by molar-refractivity contribution is 5.76. The fraction of sp³-hybridized carbons (Fsp3) is 0.643. The molecule has 0 bridgehead atoms. The summed E-state index contributed by atoms with van der Waals surface area (Å²) in [6, 6.07) is 1.95. The van der Waals surface area contributed by atoms with Crippen molar-refractivity contribution >= 4 is 11.7 Å². The molecule has 1 N–H and O–H groups in total. The minimum Gasteiger partial charge on any atom is -0.369 e. The van der Waals surface area contributed by atoms with Gasteiger partial charge in [-0.3, -0.25) is 4.79 Å². The van der Waals surface area contributed by atoms with E-state index in [4.69, 9.17) is 0 Å². The Morgan fingerprint density at radius 1 is 1.37 bits per heavy atom. The number of hydrogen-bond acceptors (Lipinski definition) is 4. The lowest BCUT2D eigenvalue weighted by molar-refractivity contribution is -0.129. The predicted molar refractivity (Wildman–Crippen MR) is 75.1 cm³/mol. The van der Waals surface area contributed by atoms with E-state index in [0.29, 0.717) is 13.0 Å². The second kappa shape index (κ2) is 6.50. The molecule has 5 heteroatoms. The van der Waals surface area contributed by atoms with Crippen LogP contribution in [-0.2, 0) is 11.2 Å². The largest absolute Gasteiger partial charge is 0.369 e. The van der Waals surface area contributed by atoms with Crippen LogP contribution >= 0.6 is 0 Å². The van der Waals surface area contributed by atoms with Gasteiger partial charge in [0.2, 0.25) is 5.91 Å². The summed E-state index contributed by atoms with van der Waals surface area (Å²) in [6.45, 7) is 6.44. The number of nitrogens with one attached hydrogen (secondary N) is 1. The van der Waals surface area contributed by atoms with Crippen LogP contribution in [0.2, 0.25) is 0 Å². The Labute approximate surface area is 114 Å². The molecule has 0 aliphatic carbocycles. The summed E-state index contributed by atoms with van der Waals surface area (Å²) < 4.78 is 0. The van der Waals surface area contributed by atoms with Gasteiger partial charge in [-0.25, -0.2) is 9.97 Å². The van der Waals surface area contributed by atoms with Crippen LogP contribution in [0.3, 0.4) is 0 Å². The molecule has 2 heterocycles. The standard InChI is InChI=1S/C14H22N4O/c1-3-12-10-13(17-11(2)16-12)15-7-6-14(19)18-8-4-5-9-18/h10H,3-9H2,1-2H3,(H,15,16,17). The summed E-state index contributed by atoms with van der Waals surface area (Å²) in [5.74, 6) is 1.83. The van der Waals surface area contributed by atoms with Crippen molar-refractivity contribution in [2.24, 2.45) is 0 Å². The summed E-state index contributed by atoms with van der Waals surface area (Å²) in [7, 11) is 0. The molecule has 0 aromatic carbocycles. The van der Waals surface area contributed by atoms with Crippen molar-refractivity contribution in [3.8, 4) is 0 Å². The number of carbonyl (C=O) groups excluding carboxylic acids is 1. The Kier molecular flexibility index (Phi) is 4.71. The van der Waals surface area contributed by atoms with E-state index in [1.165, 1.54) is 0 Å². The van der Waals surface area contributed by atoms with Gasteiger partial charge in [-0.05, 0) is 26.2 Å². The first-order valence-corrected chi connectivity index (χ1v) is 7.05. The number of anilines is 1. The molecular weight excluding hydrogens is 240 g/mol. The van der Waals surface area contributed by atoms with Crippen LogP contribution in [0.5, 0.6) is 0 Å². The number of rotatable bonds is 5. The summed E-state index contributed by atoms with van der Waals surface area (Å²) in [5, 5.41) is 3.22. The Morgan fingerprint density at radius 2 is 2.11 bits per heavy atom. The van der Waals surface area contributed by atoms with Crippen LogP contribution < -0.4 is 5.32 Å². The number of nitrogens with zero attached hydrogens (tertiary/aromatic N) is 3. The molecule has 1 aromatic rings. The van der Waals surface area contributed by atoms with Crippen LogP contribution in [-0.4, -0.2) is 40.4 Å². The van der Waals surface area contributed by atoms with E-state index in [1.54, 1.807) is 0 Å². The number of likely N-dealkylation sites (tertiary alicyclic amines) is 1. The molecule has 0 atom stereocenters. The fourth-order valence-electron chi connectivity index (χ4n) is 2.32. The molecule has 0 saturated carbocycles. The zero-order chi connectivity index (χ0) is 13.7. The minimum absolute atomic E-state index is 0.242. The minimum atomic E-state index is 0.242. The van der Waals surface area contributed by atoms with E-state index in [1.807, 2.05) is 17.9 Å². The molecule has 1 fully saturated rings. The second-order valence-electron chi connectivity index (χ2n) is 4.91. The topological polar surface area (TPSA) is 58.1 Å². The van der Waals surface area contributed by atoms with Crippen molar-refractivity contribution in [1.29, 1.82) is 0 Å². The van der Waals surface area contributed by atoms with E-state index in [2.05, 4.69) is 22.2 Å². The average Bonchev–Trinajstić information content (AvgIpc) is 2.92. The highest BCUT2D eigenvalue weighted by Gasteiger charge is 2.17. The summed E-state index contributed by atoms with van der Waals surface area (Å²) >= 11 is 0. The van der Waals surface area contributed by atoms with Crippen LogP contribution in [0.25, 0.3) is 0 Å². The lowest BCUT2D eigenvalue weighted by Gasteiger charge is -2.15. The van der Waals surface area contributed by atoms with Gasteiger partial charge < -0.3 is 10.2 Å². The van der Waals surface area contributed by atoms with Crippen molar-refractivity contribution in [2.75, 3.05) is 25.0 Å². The highest BCUT2D eigenvalue weighted by atomic mass is 16.2. The lowest BCUT2D eigenvalue weighted by Crippen LogP contribution is -2.29. The first-order chi connectivity index (χ1) is 9.19. The molecule has 0 radical (unpaired) electrons. The molecule has 1 amide bonds. The van der Waals surface area contributed by atoms with E-state index in [9.17, 15) is 4.79 Å². The van der Waals surface area contributed by atoms with Gasteiger partial charge in [-0.2, -0.15) is 0 Å². The first-order valence-electron chi connectivity index (χ1n) is 7.05. The molecule has 0 unspecified atom stereocenters. The van der Waals surface area contributed by atoms with Gasteiger partial charge in [-0.15, -0.1) is 0 Å². The molecule has 5 nitrogen and oxygen atoms in total. The van der Waals surface area contributed by atoms with Crippen molar-refractivity contribution in [3.63, 3.8) is 0 Å². The van der Waals surface area contributed by atoms with E-state index < -0.39 is 0 Å². The smallest absolute Gasteiger partial charge is 0.224 e. The number of amides is 1. The van der Waals surface area contributed by atoms with Gasteiger partial charge in [0.05, 0.1) is 0 Å². The van der Waals surface area contributed by atoms with Crippen LogP contribution in [0, 0.1) is 6.92 Å². The Hall–Kier alpha value is -1.65. The third kappa shape index (κ3) is 3.91. The van der Waals surface area contributed by atoms with Gasteiger partial charge >= 0.3 is 0 Å². The van der Waals surface area contributed by atoms with Crippen molar-refractivity contribution in [2.45, 2.75) is 39.5 Å². The first kappa shape index (κ1) is 13.8. The van der Waals surface area contributed by atoms with Crippen molar-refractivity contribution in [1.82, 2.24) is 14.9 Å². The van der Waals surface area contributed by atoms with E-state index >= 15 is 0 Å². The number of carbonyl (C=O) groups is 1. The zero-order valence-corrected chi connectivity index (χ0v) is 11.8. The monoisotopic (exact) mass is 262 g/mol. The maximum atomic E-state index is 11.9. The van der Waals surface area contributed by atoms with Gasteiger partial charge in [0.1, 0.15) is 11.6 Å². The molecule has 2 rings (SSSR count). The third-order valence-corrected chi connectivity index (χ3v) is 3.36. The Bertz CT molecular complexity index is 441. The number of hydrogen-bond donors (Lipinski definition) is 1. The molecule has 104 valence electrons. The van der Waals surface area contributed by atoms with Gasteiger partial charge in [0.25, 0.3) is 0 Å². The van der Waals surface area contributed by atoms with Crippen LogP contribution in [0.4, 0.5) is 5.82 Å². The van der Waals surface area contributed by atoms with Gasteiger partial charge in [0.15, 0.2) is 0 Å². The van der Waals surface area contributed by atoms with Gasteiger partial charge in [0, 0.05) is 37.8 Å². The van der Waals surface area contributed by atoms with Crippen molar-refractivity contribution < 1.29 is 4.79 Å². The van der Waals surface area contributed by atoms with Crippen LogP contribution in [0.15, 0.2) is 6.07 Å². The highest BCUT2D eigenvalue weighted by Crippen LogP contribution is 2.10.